The van der Waals surface area contributed by atoms with Crippen molar-refractivity contribution in [2.75, 3.05) is 6.61 Å². The molecule has 2 rings (SSSR count). The second-order valence-electron chi connectivity index (χ2n) is 6.55. The first-order valence-corrected chi connectivity index (χ1v) is 9.69. The number of hydrogen-bond donors (Lipinski definition) is 0. The summed E-state index contributed by atoms with van der Waals surface area (Å²) in [4.78, 5) is 11.8. The smallest absolute Gasteiger partial charge is 0.330 e. The van der Waals surface area contributed by atoms with Crippen LogP contribution in [0.1, 0.15) is 56.6 Å². The summed E-state index contributed by atoms with van der Waals surface area (Å²) < 4.78 is 5.23. The number of nitriles is 1. The number of benzene rings is 2. The topological polar surface area (TPSA) is 50.1 Å². The van der Waals surface area contributed by atoms with E-state index >= 15 is 0 Å². The van der Waals surface area contributed by atoms with E-state index in [1.165, 1.54) is 31.8 Å². The number of ether oxygens (including phenoxy) is 1. The molecular formula is C24H27NO2. The molecule has 0 spiro atoms. The molecule has 2 aromatic rings. The van der Waals surface area contributed by atoms with E-state index in [9.17, 15) is 10.1 Å². The van der Waals surface area contributed by atoms with Gasteiger partial charge in [0.15, 0.2) is 0 Å². The fourth-order valence-electron chi connectivity index (χ4n) is 2.87. The Labute approximate surface area is 162 Å². The molecule has 0 aromatic heterocycles. The molecule has 0 radical (unpaired) electrons. The van der Waals surface area contributed by atoms with Gasteiger partial charge in [0.25, 0.3) is 0 Å². The van der Waals surface area contributed by atoms with Crippen molar-refractivity contribution in [3.8, 4) is 17.2 Å². The summed E-state index contributed by atoms with van der Waals surface area (Å²) >= 11 is 0. The zero-order valence-electron chi connectivity index (χ0n) is 16.0. The highest BCUT2D eigenvalue weighted by Crippen LogP contribution is 2.23. The summed E-state index contributed by atoms with van der Waals surface area (Å²) in [5.74, 6) is -0.303. The fraction of sp³-hybridized carbons (Fsp3) is 0.333. The summed E-state index contributed by atoms with van der Waals surface area (Å²) in [5, 5.41) is 9.21. The van der Waals surface area contributed by atoms with Crippen LogP contribution < -0.4 is 0 Å². The van der Waals surface area contributed by atoms with E-state index in [0.717, 1.165) is 29.5 Å². The molecule has 0 amide bonds. The van der Waals surface area contributed by atoms with Gasteiger partial charge in [0, 0.05) is 6.08 Å². The maximum atomic E-state index is 11.8. The fourth-order valence-corrected chi connectivity index (χ4v) is 2.87. The van der Waals surface area contributed by atoms with Crippen LogP contribution >= 0.6 is 0 Å². The Kier molecular flexibility index (Phi) is 8.86. The van der Waals surface area contributed by atoms with Gasteiger partial charge >= 0.3 is 5.97 Å². The largest absolute Gasteiger partial charge is 0.463 e. The van der Waals surface area contributed by atoms with Gasteiger partial charge in [0.2, 0.25) is 0 Å². The first kappa shape index (κ1) is 20.5. The average molecular weight is 361 g/mol. The summed E-state index contributed by atoms with van der Waals surface area (Å²) in [7, 11) is 0. The van der Waals surface area contributed by atoms with Crippen molar-refractivity contribution in [2.24, 2.45) is 0 Å². The van der Waals surface area contributed by atoms with Gasteiger partial charge in [-0.1, -0.05) is 81.5 Å². The molecular weight excluding hydrogens is 334 g/mol. The van der Waals surface area contributed by atoms with E-state index in [4.69, 9.17) is 4.74 Å². The van der Waals surface area contributed by atoms with Crippen molar-refractivity contribution in [2.45, 2.75) is 45.4 Å². The molecule has 0 heterocycles. The molecule has 0 fully saturated rings. The van der Waals surface area contributed by atoms with Gasteiger partial charge in [0.1, 0.15) is 0 Å². The minimum Gasteiger partial charge on any atom is -0.463 e. The van der Waals surface area contributed by atoms with E-state index in [2.05, 4.69) is 13.0 Å². The maximum Gasteiger partial charge on any atom is 0.330 e. The van der Waals surface area contributed by atoms with Crippen molar-refractivity contribution < 1.29 is 9.53 Å². The Balaban J connectivity index is 1.80. The Morgan fingerprint density at radius 1 is 1.00 bits per heavy atom. The van der Waals surface area contributed by atoms with Gasteiger partial charge in [-0.15, -0.1) is 0 Å². The Morgan fingerprint density at radius 2 is 1.70 bits per heavy atom. The minimum atomic E-state index is -0.303. The van der Waals surface area contributed by atoms with Gasteiger partial charge in [0.05, 0.1) is 18.2 Å². The monoisotopic (exact) mass is 361 g/mol. The summed E-state index contributed by atoms with van der Waals surface area (Å²) in [6, 6.07) is 17.5. The van der Waals surface area contributed by atoms with Crippen LogP contribution in [0.3, 0.4) is 0 Å². The zero-order valence-corrected chi connectivity index (χ0v) is 16.0. The number of carbonyl (C=O) groups is 1. The number of carbonyl (C=O) groups excluding carboxylic acids is 1. The predicted molar refractivity (Wildman–Crippen MR) is 110 cm³/mol. The number of hydrogen-bond acceptors (Lipinski definition) is 3. The molecule has 0 N–H and O–H groups in total. The Bertz CT molecular complexity index is 785. The first-order chi connectivity index (χ1) is 13.2. The third-order valence-electron chi connectivity index (χ3n) is 4.42. The van der Waals surface area contributed by atoms with Gasteiger partial charge in [-0.3, -0.25) is 0 Å². The number of nitrogens with zero attached hydrogens (tertiary/aromatic N) is 1. The van der Waals surface area contributed by atoms with Crippen molar-refractivity contribution in [3.63, 3.8) is 0 Å². The predicted octanol–water partition coefficient (Wildman–Crippen LogP) is 6.14. The Morgan fingerprint density at radius 3 is 2.44 bits per heavy atom. The highest BCUT2D eigenvalue weighted by Gasteiger charge is 2.03. The van der Waals surface area contributed by atoms with Crippen molar-refractivity contribution in [3.05, 3.63) is 65.7 Å². The van der Waals surface area contributed by atoms with Crippen LogP contribution in [0.4, 0.5) is 0 Å². The van der Waals surface area contributed by atoms with Crippen molar-refractivity contribution in [1.82, 2.24) is 0 Å². The van der Waals surface area contributed by atoms with E-state index in [-0.39, 0.29) is 5.97 Å². The molecule has 0 saturated carbocycles. The van der Waals surface area contributed by atoms with E-state index in [1.807, 2.05) is 48.5 Å². The average Bonchev–Trinajstić information content (AvgIpc) is 2.72. The van der Waals surface area contributed by atoms with E-state index in [0.29, 0.717) is 12.2 Å². The molecule has 27 heavy (non-hydrogen) atoms. The second kappa shape index (κ2) is 11.7. The maximum absolute atomic E-state index is 11.8. The molecule has 0 aliphatic carbocycles. The lowest BCUT2D eigenvalue weighted by atomic mass is 9.99. The highest BCUT2D eigenvalue weighted by atomic mass is 16.5. The van der Waals surface area contributed by atoms with Crippen LogP contribution in [0, 0.1) is 11.3 Å². The summed E-state index contributed by atoms with van der Waals surface area (Å²) in [6.45, 7) is 2.69. The normalized spacial score (nSPS) is 10.7. The molecule has 3 heteroatoms. The Hall–Kier alpha value is -2.86. The van der Waals surface area contributed by atoms with E-state index in [1.54, 1.807) is 6.08 Å². The molecule has 0 atom stereocenters. The summed E-state index contributed by atoms with van der Waals surface area (Å²) in [6.07, 6.45) is 10.3. The lowest BCUT2D eigenvalue weighted by Gasteiger charge is -2.04. The quantitative estimate of drug-likeness (QED) is 0.290. The summed E-state index contributed by atoms with van der Waals surface area (Å²) in [5.41, 5.74) is 3.47. The van der Waals surface area contributed by atoms with Crippen LogP contribution in [-0.4, -0.2) is 12.6 Å². The molecule has 3 nitrogen and oxygen atoms in total. The van der Waals surface area contributed by atoms with Crippen LogP contribution in [0.25, 0.3) is 17.2 Å². The SMILES string of the molecule is CCCCCCCCOC(=O)C=Cc1ccc(-c2ccccc2C#N)cc1. The third-order valence-corrected chi connectivity index (χ3v) is 4.42. The molecule has 0 bridgehead atoms. The minimum absolute atomic E-state index is 0.303. The third kappa shape index (κ3) is 7.11. The number of unbranched alkanes of at least 4 members (excludes halogenated alkanes) is 5. The molecule has 140 valence electrons. The standard InChI is InChI=1S/C24H27NO2/c1-2-3-4-5-6-9-18-27-24(26)17-14-20-12-15-21(16-13-20)23-11-8-7-10-22(23)19-25/h7-8,10-17H,2-6,9,18H2,1H3. The van der Waals surface area contributed by atoms with Gasteiger partial charge in [-0.25, -0.2) is 4.79 Å². The van der Waals surface area contributed by atoms with Crippen LogP contribution in [0.15, 0.2) is 54.6 Å². The lowest BCUT2D eigenvalue weighted by molar-refractivity contribution is -0.137. The van der Waals surface area contributed by atoms with Crippen LogP contribution in [-0.2, 0) is 9.53 Å². The van der Waals surface area contributed by atoms with Crippen molar-refractivity contribution in [1.29, 1.82) is 5.26 Å². The van der Waals surface area contributed by atoms with Crippen molar-refractivity contribution >= 4 is 12.0 Å². The van der Waals surface area contributed by atoms with Gasteiger partial charge < -0.3 is 4.74 Å². The van der Waals surface area contributed by atoms with Crippen LogP contribution in [0.5, 0.6) is 0 Å². The van der Waals surface area contributed by atoms with E-state index < -0.39 is 0 Å². The highest BCUT2D eigenvalue weighted by molar-refractivity contribution is 5.87. The molecule has 2 aromatic carbocycles. The zero-order chi connectivity index (χ0) is 19.3. The number of rotatable bonds is 10. The molecule has 0 saturated heterocycles. The molecule has 0 unspecified atom stereocenters. The lowest BCUT2D eigenvalue weighted by Crippen LogP contribution is -2.02. The van der Waals surface area contributed by atoms with Crippen LogP contribution in [0.2, 0.25) is 0 Å². The van der Waals surface area contributed by atoms with Gasteiger partial charge in [-0.05, 0) is 35.3 Å². The first-order valence-electron chi connectivity index (χ1n) is 9.69. The number of esters is 1. The van der Waals surface area contributed by atoms with Gasteiger partial charge in [-0.2, -0.15) is 5.26 Å². The molecule has 0 aliphatic rings. The molecule has 0 aliphatic heterocycles. The second-order valence-corrected chi connectivity index (χ2v) is 6.55.